The molecule has 0 aliphatic carbocycles. The first-order valence-corrected chi connectivity index (χ1v) is 6.42. The third-order valence-corrected chi connectivity index (χ3v) is 3.11. The van der Waals surface area contributed by atoms with Crippen LogP contribution in [0.2, 0.25) is 0 Å². The lowest BCUT2D eigenvalue weighted by Crippen LogP contribution is -2.42. The topological polar surface area (TPSA) is 71.7 Å². The van der Waals surface area contributed by atoms with Gasteiger partial charge in [-0.3, -0.25) is 0 Å². The molecule has 20 heavy (non-hydrogen) atoms. The number of fused-ring (bicyclic) bond motifs is 1. The predicted molar refractivity (Wildman–Crippen MR) is 76.0 cm³/mol. The molecule has 0 amide bonds. The Balaban J connectivity index is 2.30. The van der Waals surface area contributed by atoms with E-state index in [9.17, 15) is 9.90 Å². The van der Waals surface area contributed by atoms with Gasteiger partial charge in [-0.1, -0.05) is 18.2 Å². The van der Waals surface area contributed by atoms with Gasteiger partial charge in [-0.15, -0.1) is 0 Å². The minimum absolute atomic E-state index is 0.223. The first-order chi connectivity index (χ1) is 9.44. The molecule has 108 valence electrons. The fourth-order valence-electron chi connectivity index (χ4n) is 2.19. The number of carboxylic acid groups (broad SMARTS) is 1. The molecule has 0 unspecified atom stereocenters. The van der Waals surface area contributed by atoms with Crippen LogP contribution in [0.4, 0.5) is 0 Å². The number of aromatic carboxylic acids is 1. The van der Waals surface area contributed by atoms with Crippen LogP contribution in [0.25, 0.3) is 11.0 Å². The van der Waals surface area contributed by atoms with Gasteiger partial charge < -0.3 is 19.6 Å². The smallest absolute Gasteiger partial charge is 0.339 e. The highest BCUT2D eigenvalue weighted by atomic mass is 16.5. The summed E-state index contributed by atoms with van der Waals surface area (Å²) >= 11 is 0. The number of para-hydroxylation sites is 1. The quantitative estimate of drug-likeness (QED) is 0.849. The molecule has 0 aliphatic rings. The zero-order chi connectivity index (χ0) is 14.8. The summed E-state index contributed by atoms with van der Waals surface area (Å²) in [4.78, 5) is 11.4. The number of rotatable bonds is 6. The number of hydrogen-bond donors (Lipinski definition) is 2. The Morgan fingerprint density at radius 2 is 2.10 bits per heavy atom. The minimum Gasteiger partial charge on any atom is -0.478 e. The number of carbonyl (C=O) groups is 1. The highest BCUT2D eigenvalue weighted by Crippen LogP contribution is 2.26. The predicted octanol–water partition coefficient (Wildman–Crippen LogP) is 2.65. The second-order valence-corrected chi connectivity index (χ2v) is 5.37. The first kappa shape index (κ1) is 14.6. The normalized spacial score (nSPS) is 11.9. The van der Waals surface area contributed by atoms with Crippen LogP contribution in [0.3, 0.4) is 0 Å². The number of nitrogens with one attached hydrogen (secondary N) is 1. The largest absolute Gasteiger partial charge is 0.478 e. The molecular formula is C15H19NO4. The van der Waals surface area contributed by atoms with Gasteiger partial charge in [-0.25, -0.2) is 4.79 Å². The maximum Gasteiger partial charge on any atom is 0.339 e. The Labute approximate surface area is 117 Å². The molecule has 0 saturated carbocycles. The summed E-state index contributed by atoms with van der Waals surface area (Å²) in [6, 6.07) is 7.15. The van der Waals surface area contributed by atoms with Crippen molar-refractivity contribution in [3.63, 3.8) is 0 Å². The Kier molecular flexibility index (Phi) is 4.11. The summed E-state index contributed by atoms with van der Waals surface area (Å²) < 4.78 is 10.8. The van der Waals surface area contributed by atoms with Crippen molar-refractivity contribution in [2.45, 2.75) is 25.9 Å². The molecule has 0 fully saturated rings. The van der Waals surface area contributed by atoms with Crippen molar-refractivity contribution in [2.75, 3.05) is 13.7 Å². The van der Waals surface area contributed by atoms with Crippen LogP contribution in [0.15, 0.2) is 28.7 Å². The summed E-state index contributed by atoms with van der Waals surface area (Å²) in [7, 11) is 1.63. The first-order valence-electron chi connectivity index (χ1n) is 6.42. The summed E-state index contributed by atoms with van der Waals surface area (Å²) in [5, 5.41) is 13.2. The summed E-state index contributed by atoms with van der Waals surface area (Å²) in [5.41, 5.74) is 0.552. The van der Waals surface area contributed by atoms with E-state index in [1.165, 1.54) is 0 Å². The summed E-state index contributed by atoms with van der Waals surface area (Å²) in [5.74, 6) is -0.542. The molecule has 0 bridgehead atoms. The maximum atomic E-state index is 11.4. The minimum atomic E-state index is -0.976. The standard InChI is InChI=1S/C15H19NO4/c1-15(2,9-19-3)16-8-12-13(14(17)18)10-6-4-5-7-11(10)20-12/h4-7,16H,8-9H2,1-3H3,(H,17,18). The maximum absolute atomic E-state index is 11.4. The van der Waals surface area contributed by atoms with E-state index in [-0.39, 0.29) is 11.1 Å². The number of furan rings is 1. The molecule has 5 heteroatoms. The van der Waals surface area contributed by atoms with E-state index in [4.69, 9.17) is 9.15 Å². The highest BCUT2D eigenvalue weighted by molar-refractivity contribution is 6.03. The van der Waals surface area contributed by atoms with Gasteiger partial charge in [-0.2, -0.15) is 0 Å². The molecular weight excluding hydrogens is 258 g/mol. The van der Waals surface area contributed by atoms with Gasteiger partial charge in [-0.05, 0) is 19.9 Å². The SMILES string of the molecule is COCC(C)(C)NCc1oc2ccccc2c1C(=O)O. The lowest BCUT2D eigenvalue weighted by Gasteiger charge is -2.24. The Hall–Kier alpha value is -1.85. The molecule has 2 aromatic rings. The van der Waals surface area contributed by atoms with E-state index in [0.29, 0.717) is 29.9 Å². The van der Waals surface area contributed by atoms with Gasteiger partial charge >= 0.3 is 5.97 Å². The van der Waals surface area contributed by atoms with Gasteiger partial charge in [0, 0.05) is 18.0 Å². The van der Waals surface area contributed by atoms with Crippen LogP contribution in [-0.2, 0) is 11.3 Å². The molecule has 0 aliphatic heterocycles. The van der Waals surface area contributed by atoms with Gasteiger partial charge in [0.2, 0.25) is 0 Å². The zero-order valence-electron chi connectivity index (χ0n) is 11.9. The molecule has 0 saturated heterocycles. The summed E-state index contributed by atoms with van der Waals surface area (Å²) in [6.45, 7) is 4.83. The molecule has 5 nitrogen and oxygen atoms in total. The van der Waals surface area contributed by atoms with Crippen LogP contribution >= 0.6 is 0 Å². The Morgan fingerprint density at radius 3 is 2.75 bits per heavy atom. The molecule has 2 rings (SSSR count). The fourth-order valence-corrected chi connectivity index (χ4v) is 2.19. The number of benzene rings is 1. The molecule has 0 radical (unpaired) electrons. The van der Waals surface area contributed by atoms with Crippen LogP contribution in [-0.4, -0.2) is 30.3 Å². The van der Waals surface area contributed by atoms with E-state index in [1.54, 1.807) is 25.3 Å². The van der Waals surface area contributed by atoms with E-state index >= 15 is 0 Å². The second kappa shape index (κ2) is 5.64. The van der Waals surface area contributed by atoms with Crippen molar-refractivity contribution in [1.29, 1.82) is 0 Å². The average molecular weight is 277 g/mol. The van der Waals surface area contributed by atoms with Crippen LogP contribution in [0.5, 0.6) is 0 Å². The Bertz CT molecular complexity index is 615. The number of methoxy groups -OCH3 is 1. The van der Waals surface area contributed by atoms with Crippen molar-refractivity contribution in [2.24, 2.45) is 0 Å². The van der Waals surface area contributed by atoms with Gasteiger partial charge in [0.25, 0.3) is 0 Å². The number of ether oxygens (including phenoxy) is 1. The lowest BCUT2D eigenvalue weighted by atomic mass is 10.1. The Morgan fingerprint density at radius 1 is 1.40 bits per heavy atom. The summed E-state index contributed by atoms with van der Waals surface area (Å²) in [6.07, 6.45) is 0. The number of carboxylic acids is 1. The number of hydrogen-bond acceptors (Lipinski definition) is 4. The molecule has 0 atom stereocenters. The highest BCUT2D eigenvalue weighted by Gasteiger charge is 2.23. The van der Waals surface area contributed by atoms with Crippen molar-refractivity contribution in [1.82, 2.24) is 5.32 Å². The van der Waals surface area contributed by atoms with Crippen molar-refractivity contribution in [3.05, 3.63) is 35.6 Å². The molecule has 1 aromatic carbocycles. The van der Waals surface area contributed by atoms with Crippen LogP contribution < -0.4 is 5.32 Å². The molecule has 2 N–H and O–H groups in total. The van der Waals surface area contributed by atoms with Crippen LogP contribution in [0.1, 0.15) is 30.0 Å². The van der Waals surface area contributed by atoms with Crippen molar-refractivity contribution >= 4 is 16.9 Å². The van der Waals surface area contributed by atoms with E-state index < -0.39 is 5.97 Å². The second-order valence-electron chi connectivity index (χ2n) is 5.37. The van der Waals surface area contributed by atoms with E-state index in [1.807, 2.05) is 19.9 Å². The molecule has 1 heterocycles. The van der Waals surface area contributed by atoms with Gasteiger partial charge in [0.1, 0.15) is 16.9 Å². The zero-order valence-corrected chi connectivity index (χ0v) is 11.9. The van der Waals surface area contributed by atoms with Gasteiger partial charge in [0.15, 0.2) is 0 Å². The monoisotopic (exact) mass is 277 g/mol. The van der Waals surface area contributed by atoms with Gasteiger partial charge in [0.05, 0.1) is 13.2 Å². The van der Waals surface area contributed by atoms with Crippen molar-refractivity contribution in [3.8, 4) is 0 Å². The van der Waals surface area contributed by atoms with E-state index in [0.717, 1.165) is 0 Å². The lowest BCUT2D eigenvalue weighted by molar-refractivity contribution is 0.0695. The third-order valence-electron chi connectivity index (χ3n) is 3.11. The third kappa shape index (κ3) is 3.00. The molecule has 0 spiro atoms. The van der Waals surface area contributed by atoms with Crippen LogP contribution in [0, 0.1) is 0 Å². The van der Waals surface area contributed by atoms with E-state index in [2.05, 4.69) is 5.32 Å². The fraction of sp³-hybridized carbons (Fsp3) is 0.400. The van der Waals surface area contributed by atoms with Crippen molar-refractivity contribution < 1.29 is 19.1 Å². The molecule has 1 aromatic heterocycles. The average Bonchev–Trinajstić information content (AvgIpc) is 2.74.